The largest absolute Gasteiger partial charge is 0.497 e. The number of carbonyl (C=O) groups excluding carboxylic acids is 1. The zero-order valence-corrected chi connectivity index (χ0v) is 13.0. The number of rotatable bonds is 3. The van der Waals surface area contributed by atoms with E-state index in [-0.39, 0.29) is 12.0 Å². The maximum atomic E-state index is 12.5. The zero-order valence-electron chi connectivity index (χ0n) is 13.0. The lowest BCUT2D eigenvalue weighted by atomic mass is 10.1. The minimum Gasteiger partial charge on any atom is -0.497 e. The van der Waals surface area contributed by atoms with E-state index in [0.29, 0.717) is 18.7 Å². The number of β-amino-alcohol motifs (C(OH)–C–C–N with tert-alkyl or cyclic N) is 1. The first kappa shape index (κ1) is 14.7. The number of hydrogen-bond acceptors (Lipinski definition) is 3. The van der Waals surface area contributed by atoms with Gasteiger partial charge in [0.25, 0.3) is 5.91 Å². The van der Waals surface area contributed by atoms with Gasteiger partial charge in [0.1, 0.15) is 5.75 Å². The normalized spacial score (nSPS) is 14.8. The number of aliphatic hydroxyl groups excluding tert-OH is 1. The van der Waals surface area contributed by atoms with Crippen molar-refractivity contribution in [2.75, 3.05) is 20.2 Å². The summed E-state index contributed by atoms with van der Waals surface area (Å²) in [4.78, 5) is 14.1. The summed E-state index contributed by atoms with van der Waals surface area (Å²) < 4.78 is 7.24. The van der Waals surface area contributed by atoms with Crippen molar-refractivity contribution < 1.29 is 14.6 Å². The Kier molecular flexibility index (Phi) is 3.66. The van der Waals surface area contributed by atoms with Crippen molar-refractivity contribution in [3.05, 3.63) is 47.3 Å². The number of benzene rings is 1. The molecule has 1 aliphatic rings. The lowest BCUT2D eigenvalue weighted by molar-refractivity contribution is 0.00584. The summed E-state index contributed by atoms with van der Waals surface area (Å²) in [5.74, 6) is 0.787. The molecule has 0 bridgehead atoms. The molecular formula is C17H20N2O3. The van der Waals surface area contributed by atoms with Crippen LogP contribution >= 0.6 is 0 Å². The molecule has 1 saturated heterocycles. The minimum atomic E-state index is -0.381. The molecule has 2 heterocycles. The van der Waals surface area contributed by atoms with Crippen LogP contribution in [0.25, 0.3) is 5.69 Å². The monoisotopic (exact) mass is 300 g/mol. The summed E-state index contributed by atoms with van der Waals surface area (Å²) in [6.45, 7) is 4.77. The second-order valence-corrected chi connectivity index (χ2v) is 5.68. The predicted molar refractivity (Wildman–Crippen MR) is 83.7 cm³/mol. The molecule has 1 aromatic carbocycles. The maximum Gasteiger partial charge on any atom is 0.255 e. The van der Waals surface area contributed by atoms with Gasteiger partial charge >= 0.3 is 0 Å². The average molecular weight is 300 g/mol. The highest BCUT2D eigenvalue weighted by Gasteiger charge is 2.31. The van der Waals surface area contributed by atoms with E-state index in [9.17, 15) is 9.90 Å². The maximum absolute atomic E-state index is 12.5. The minimum absolute atomic E-state index is 0.0156. The van der Waals surface area contributed by atoms with Crippen molar-refractivity contribution in [3.8, 4) is 11.4 Å². The van der Waals surface area contributed by atoms with Crippen LogP contribution in [0.15, 0.2) is 30.3 Å². The molecule has 1 fully saturated rings. The lowest BCUT2D eigenvalue weighted by Gasteiger charge is -2.35. The third-order valence-corrected chi connectivity index (χ3v) is 4.14. The number of ether oxygens (including phenoxy) is 1. The van der Waals surface area contributed by atoms with Gasteiger partial charge in [-0.25, -0.2) is 0 Å². The molecule has 0 saturated carbocycles. The number of nitrogens with zero attached hydrogens (tertiary/aromatic N) is 2. The zero-order chi connectivity index (χ0) is 15.9. The van der Waals surface area contributed by atoms with E-state index in [0.717, 1.165) is 22.8 Å². The molecule has 0 atom stereocenters. The Morgan fingerprint density at radius 3 is 2.41 bits per heavy atom. The molecule has 0 unspecified atom stereocenters. The van der Waals surface area contributed by atoms with E-state index in [4.69, 9.17) is 4.74 Å². The Hall–Kier alpha value is -2.27. The SMILES string of the molecule is COc1ccc(-n2c(C)cc(C(=O)N3CC(O)C3)c2C)cc1. The molecule has 0 aliphatic carbocycles. The first-order valence-corrected chi connectivity index (χ1v) is 7.32. The van der Waals surface area contributed by atoms with E-state index in [2.05, 4.69) is 4.57 Å². The highest BCUT2D eigenvalue weighted by molar-refractivity contribution is 5.96. The highest BCUT2D eigenvalue weighted by atomic mass is 16.5. The molecular weight excluding hydrogens is 280 g/mol. The number of carbonyl (C=O) groups is 1. The number of aryl methyl sites for hydroxylation is 1. The van der Waals surface area contributed by atoms with Crippen molar-refractivity contribution in [1.82, 2.24) is 9.47 Å². The fraction of sp³-hybridized carbons (Fsp3) is 0.353. The van der Waals surface area contributed by atoms with Gasteiger partial charge < -0.3 is 19.3 Å². The van der Waals surface area contributed by atoms with E-state index in [1.165, 1.54) is 0 Å². The lowest BCUT2D eigenvalue weighted by Crippen LogP contribution is -2.53. The summed E-state index contributed by atoms with van der Waals surface area (Å²) in [5.41, 5.74) is 3.61. The number of likely N-dealkylation sites (tertiary alicyclic amines) is 1. The summed E-state index contributed by atoms with van der Waals surface area (Å²) in [6.07, 6.45) is -0.381. The summed E-state index contributed by atoms with van der Waals surface area (Å²) in [6, 6.07) is 9.66. The van der Waals surface area contributed by atoms with Crippen LogP contribution in [0.4, 0.5) is 0 Å². The summed E-state index contributed by atoms with van der Waals surface area (Å²) in [5, 5.41) is 9.36. The van der Waals surface area contributed by atoms with Gasteiger partial charge in [0, 0.05) is 30.2 Å². The quantitative estimate of drug-likeness (QED) is 0.942. The van der Waals surface area contributed by atoms with Crippen molar-refractivity contribution in [3.63, 3.8) is 0 Å². The third kappa shape index (κ3) is 2.37. The van der Waals surface area contributed by atoms with Gasteiger partial charge in [-0.2, -0.15) is 0 Å². The van der Waals surface area contributed by atoms with E-state index >= 15 is 0 Å². The van der Waals surface area contributed by atoms with Gasteiger partial charge in [0.05, 0.1) is 18.8 Å². The van der Waals surface area contributed by atoms with Gasteiger partial charge in [-0.05, 0) is 44.2 Å². The Balaban J connectivity index is 1.94. The highest BCUT2D eigenvalue weighted by Crippen LogP contribution is 2.24. The second kappa shape index (κ2) is 5.50. The smallest absolute Gasteiger partial charge is 0.255 e. The Bertz CT molecular complexity index is 697. The van der Waals surface area contributed by atoms with Crippen LogP contribution in [0.5, 0.6) is 5.75 Å². The summed E-state index contributed by atoms with van der Waals surface area (Å²) in [7, 11) is 1.64. The van der Waals surface area contributed by atoms with Crippen molar-refractivity contribution in [2.45, 2.75) is 20.0 Å². The molecule has 1 N–H and O–H groups in total. The predicted octanol–water partition coefficient (Wildman–Crippen LogP) is 1.92. The molecule has 5 heteroatoms. The Morgan fingerprint density at radius 2 is 1.86 bits per heavy atom. The number of aromatic nitrogens is 1. The van der Waals surface area contributed by atoms with Gasteiger partial charge in [-0.1, -0.05) is 0 Å². The van der Waals surface area contributed by atoms with Gasteiger partial charge in [0.2, 0.25) is 0 Å². The molecule has 5 nitrogen and oxygen atoms in total. The Labute approximate surface area is 129 Å². The topological polar surface area (TPSA) is 54.7 Å². The van der Waals surface area contributed by atoms with Gasteiger partial charge in [0.15, 0.2) is 0 Å². The molecule has 22 heavy (non-hydrogen) atoms. The van der Waals surface area contributed by atoms with Crippen LogP contribution in [0, 0.1) is 13.8 Å². The number of aliphatic hydroxyl groups is 1. The molecule has 1 aromatic heterocycles. The van der Waals surface area contributed by atoms with Crippen LogP contribution in [-0.4, -0.2) is 46.8 Å². The Morgan fingerprint density at radius 1 is 1.23 bits per heavy atom. The van der Waals surface area contributed by atoms with E-state index in [1.807, 2.05) is 44.2 Å². The van der Waals surface area contributed by atoms with Crippen LogP contribution in [0.2, 0.25) is 0 Å². The molecule has 116 valence electrons. The first-order chi connectivity index (χ1) is 10.5. The molecule has 2 aromatic rings. The van der Waals surface area contributed by atoms with Crippen LogP contribution in [-0.2, 0) is 0 Å². The fourth-order valence-electron chi connectivity index (χ4n) is 2.90. The number of hydrogen-bond donors (Lipinski definition) is 1. The molecule has 3 rings (SSSR count). The average Bonchev–Trinajstić information content (AvgIpc) is 2.78. The van der Waals surface area contributed by atoms with Crippen LogP contribution < -0.4 is 4.74 Å². The van der Waals surface area contributed by atoms with E-state index in [1.54, 1.807) is 12.0 Å². The van der Waals surface area contributed by atoms with Crippen molar-refractivity contribution in [2.24, 2.45) is 0 Å². The van der Waals surface area contributed by atoms with Crippen LogP contribution in [0.1, 0.15) is 21.7 Å². The van der Waals surface area contributed by atoms with E-state index < -0.39 is 0 Å². The molecule has 0 spiro atoms. The third-order valence-electron chi connectivity index (χ3n) is 4.14. The van der Waals surface area contributed by atoms with Gasteiger partial charge in [-0.3, -0.25) is 4.79 Å². The fourth-order valence-corrected chi connectivity index (χ4v) is 2.90. The van der Waals surface area contributed by atoms with Crippen molar-refractivity contribution >= 4 is 5.91 Å². The molecule has 1 aliphatic heterocycles. The van der Waals surface area contributed by atoms with Crippen molar-refractivity contribution in [1.29, 1.82) is 0 Å². The van der Waals surface area contributed by atoms with Gasteiger partial charge in [-0.15, -0.1) is 0 Å². The molecule has 0 radical (unpaired) electrons. The second-order valence-electron chi connectivity index (χ2n) is 5.68. The van der Waals surface area contributed by atoms with Crippen LogP contribution in [0.3, 0.4) is 0 Å². The summed E-state index contributed by atoms with van der Waals surface area (Å²) >= 11 is 0. The first-order valence-electron chi connectivity index (χ1n) is 7.32. The number of methoxy groups -OCH3 is 1. The molecule has 1 amide bonds. The standard InChI is InChI=1S/C17H20N2O3/c1-11-8-16(17(21)18-9-14(20)10-18)12(2)19(11)13-4-6-15(22-3)7-5-13/h4-8,14,20H,9-10H2,1-3H3. The number of amides is 1.